The van der Waals surface area contributed by atoms with E-state index in [-0.39, 0.29) is 41.7 Å². The average Bonchev–Trinajstić information content (AvgIpc) is 3.03. The molecule has 0 radical (unpaired) electrons. The summed E-state index contributed by atoms with van der Waals surface area (Å²) in [6, 6.07) is 13.6. The minimum Gasteiger partial charge on any atom is -0.493 e. The molecule has 1 heterocycles. The summed E-state index contributed by atoms with van der Waals surface area (Å²) in [4.78, 5) is 48.4. The predicted molar refractivity (Wildman–Crippen MR) is 177 cm³/mol. The van der Waals surface area contributed by atoms with Crippen molar-refractivity contribution in [3.05, 3.63) is 102 Å². The van der Waals surface area contributed by atoms with Crippen LogP contribution in [0.5, 0.6) is 17.2 Å². The monoisotopic (exact) mass is 773 g/mol. The highest BCUT2D eigenvalue weighted by Gasteiger charge is 2.32. The third kappa shape index (κ3) is 9.07. The van der Waals surface area contributed by atoms with Crippen molar-refractivity contribution < 1.29 is 38.3 Å². The lowest BCUT2D eigenvalue weighted by atomic mass is 9.95. The van der Waals surface area contributed by atoms with Gasteiger partial charge in [-0.25, -0.2) is 15.0 Å². The summed E-state index contributed by atoms with van der Waals surface area (Å²) in [5, 5.41) is 20.9. The number of amides is 3. The number of halogens is 2. The summed E-state index contributed by atoms with van der Waals surface area (Å²) in [7, 11) is 1.40. The lowest BCUT2D eigenvalue weighted by Crippen LogP contribution is -2.45. The van der Waals surface area contributed by atoms with E-state index in [1.807, 2.05) is 24.3 Å². The number of hydrogen-bond donors (Lipinski definition) is 3. The average molecular weight is 775 g/mol. The van der Waals surface area contributed by atoms with E-state index in [0.717, 1.165) is 10.0 Å². The molecule has 3 aromatic carbocycles. The Balaban J connectivity index is 1.39. The Morgan fingerprint density at radius 1 is 1.09 bits per heavy atom. The van der Waals surface area contributed by atoms with E-state index >= 15 is 0 Å². The van der Waals surface area contributed by atoms with Crippen molar-refractivity contribution in [1.82, 2.24) is 16.1 Å². The molecule has 4 rings (SSSR count). The lowest BCUT2D eigenvalue weighted by molar-refractivity contribution is -0.386. The molecule has 0 saturated heterocycles. The zero-order valence-electron chi connectivity index (χ0n) is 25.3. The van der Waals surface area contributed by atoms with Gasteiger partial charge in [-0.15, -0.1) is 0 Å². The maximum absolute atomic E-state index is 12.6. The summed E-state index contributed by atoms with van der Waals surface area (Å²) >= 11 is 6.68. The maximum Gasteiger partial charge on any atom is 0.338 e. The van der Waals surface area contributed by atoms with Gasteiger partial charge in [-0.2, -0.15) is 5.10 Å². The second-order valence-corrected chi connectivity index (χ2v) is 11.6. The third-order valence-corrected chi connectivity index (χ3v) is 7.70. The van der Waals surface area contributed by atoms with Crippen LogP contribution in [0.4, 0.5) is 10.5 Å². The molecule has 14 nitrogen and oxygen atoms in total. The van der Waals surface area contributed by atoms with Gasteiger partial charge in [0.25, 0.3) is 5.91 Å². The Morgan fingerprint density at radius 3 is 2.51 bits per heavy atom. The Hall–Kier alpha value is -4.96. The molecule has 3 amide bonds. The molecule has 3 N–H and O–H groups in total. The van der Waals surface area contributed by atoms with Gasteiger partial charge in [0, 0.05) is 21.8 Å². The molecule has 0 aliphatic carbocycles. The van der Waals surface area contributed by atoms with Gasteiger partial charge in [0.15, 0.2) is 18.1 Å². The second-order valence-electron chi connectivity index (χ2n) is 9.81. The number of hydrogen-bond acceptors (Lipinski definition) is 10. The molecule has 0 fully saturated rings. The van der Waals surface area contributed by atoms with Crippen molar-refractivity contribution in [2.24, 2.45) is 5.10 Å². The molecule has 0 bridgehead atoms. The summed E-state index contributed by atoms with van der Waals surface area (Å²) < 4.78 is 23.2. The van der Waals surface area contributed by atoms with Crippen LogP contribution in [0.1, 0.15) is 36.6 Å². The van der Waals surface area contributed by atoms with E-state index in [9.17, 15) is 24.5 Å². The number of urea groups is 1. The number of hydrazone groups is 1. The van der Waals surface area contributed by atoms with Crippen LogP contribution < -0.4 is 30.3 Å². The van der Waals surface area contributed by atoms with Crippen molar-refractivity contribution in [3.63, 3.8) is 0 Å². The minimum atomic E-state index is -0.814. The number of nitrogens with one attached hydrogen (secondary N) is 3. The molecule has 1 aliphatic heterocycles. The molecular weight excluding hydrogens is 746 g/mol. The van der Waals surface area contributed by atoms with E-state index in [1.54, 1.807) is 32.0 Å². The third-order valence-electron chi connectivity index (χ3n) is 6.59. The van der Waals surface area contributed by atoms with Crippen molar-refractivity contribution in [1.29, 1.82) is 0 Å². The fourth-order valence-electron chi connectivity index (χ4n) is 4.45. The number of nitro benzene ring substituents is 1. The van der Waals surface area contributed by atoms with Gasteiger partial charge in [0.1, 0.15) is 6.61 Å². The van der Waals surface area contributed by atoms with Crippen LogP contribution in [0.3, 0.4) is 0 Å². The van der Waals surface area contributed by atoms with Crippen LogP contribution in [0.15, 0.2) is 79.9 Å². The number of ether oxygens (including phenoxy) is 4. The topological polar surface area (TPSA) is 180 Å². The normalized spacial score (nSPS) is 14.2. The van der Waals surface area contributed by atoms with Crippen LogP contribution >= 0.6 is 31.9 Å². The highest BCUT2D eigenvalue weighted by molar-refractivity contribution is 9.10. The van der Waals surface area contributed by atoms with E-state index < -0.39 is 35.5 Å². The molecule has 3 aromatic rings. The highest BCUT2D eigenvalue weighted by atomic mass is 79.9. The first-order valence-corrected chi connectivity index (χ1v) is 15.5. The zero-order valence-corrected chi connectivity index (χ0v) is 28.5. The maximum atomic E-state index is 12.6. The van der Waals surface area contributed by atoms with E-state index in [0.29, 0.717) is 21.3 Å². The van der Waals surface area contributed by atoms with E-state index in [1.165, 1.54) is 25.5 Å². The van der Waals surface area contributed by atoms with Crippen molar-refractivity contribution in [3.8, 4) is 17.2 Å². The van der Waals surface area contributed by atoms with Crippen molar-refractivity contribution >= 4 is 61.7 Å². The largest absolute Gasteiger partial charge is 0.493 e. The predicted octanol–water partition coefficient (Wildman–Crippen LogP) is 5.43. The van der Waals surface area contributed by atoms with Crippen LogP contribution in [0, 0.1) is 10.1 Å². The van der Waals surface area contributed by atoms with Gasteiger partial charge >= 0.3 is 17.7 Å². The lowest BCUT2D eigenvalue weighted by Gasteiger charge is -2.28. The quantitative estimate of drug-likeness (QED) is 0.0884. The molecule has 1 aliphatic rings. The van der Waals surface area contributed by atoms with Crippen LogP contribution in [-0.4, -0.2) is 49.4 Å². The smallest absolute Gasteiger partial charge is 0.338 e. The van der Waals surface area contributed by atoms with Gasteiger partial charge in [0.05, 0.1) is 40.9 Å². The Labute approximate surface area is 285 Å². The SMILES string of the molecule is CCOC(=O)C1=C(C)NC(=O)N[C@H]1c1ccc(OCC(=O)N/N=C/c2cc(Br)c(OCc3ccc(Br)cc3)c([N+](=O)[O-])c2)c(OC)c1. The first kappa shape index (κ1) is 34.9. The fourth-order valence-corrected chi connectivity index (χ4v) is 5.30. The number of allylic oxidation sites excluding steroid dienone is 1. The number of methoxy groups -OCH3 is 1. The van der Waals surface area contributed by atoms with E-state index in [2.05, 4.69) is 53.0 Å². The van der Waals surface area contributed by atoms with E-state index in [4.69, 9.17) is 18.9 Å². The van der Waals surface area contributed by atoms with Gasteiger partial charge in [-0.1, -0.05) is 34.1 Å². The number of esters is 1. The summed E-state index contributed by atoms with van der Waals surface area (Å²) in [6.45, 7) is 3.11. The Morgan fingerprint density at radius 2 is 1.83 bits per heavy atom. The van der Waals surface area contributed by atoms with Gasteiger partial charge in [-0.3, -0.25) is 14.9 Å². The molecule has 246 valence electrons. The number of carbonyl (C=O) groups excluding carboxylic acids is 3. The fraction of sp³-hybridized carbons (Fsp3) is 0.226. The number of nitro groups is 1. The summed E-state index contributed by atoms with van der Waals surface area (Å²) in [5.74, 6) is -0.691. The zero-order chi connectivity index (χ0) is 34.1. The first-order chi connectivity index (χ1) is 22.5. The minimum absolute atomic E-state index is 0.0540. The second kappa shape index (κ2) is 16.0. The molecule has 0 unspecified atom stereocenters. The number of carbonyl (C=O) groups is 3. The van der Waals surface area contributed by atoms with Crippen molar-refractivity contribution in [2.45, 2.75) is 26.5 Å². The molecular formula is C31H29Br2N5O9. The number of nitrogens with zero attached hydrogens (tertiary/aromatic N) is 2. The summed E-state index contributed by atoms with van der Waals surface area (Å²) in [5.41, 5.74) is 4.29. The Kier molecular flexibility index (Phi) is 11.9. The molecule has 0 aromatic heterocycles. The molecule has 1 atom stereocenters. The number of benzene rings is 3. The molecule has 0 spiro atoms. The first-order valence-electron chi connectivity index (χ1n) is 13.9. The van der Waals surface area contributed by atoms with Gasteiger partial charge in [0.2, 0.25) is 5.75 Å². The van der Waals surface area contributed by atoms with Crippen LogP contribution in [0.25, 0.3) is 0 Å². The highest BCUT2D eigenvalue weighted by Crippen LogP contribution is 2.37. The van der Waals surface area contributed by atoms with Crippen LogP contribution in [0.2, 0.25) is 0 Å². The molecule has 47 heavy (non-hydrogen) atoms. The summed E-state index contributed by atoms with van der Waals surface area (Å²) in [6.07, 6.45) is 1.24. The standard InChI is InChI=1S/C31H29Br2N5O9/c1-4-45-30(40)27-17(2)35-31(41)36-28(27)20-7-10-24(25(13-20)44-3)46-16-26(39)37-34-14-19-11-22(33)29(23(12-19)38(42)43)47-15-18-5-8-21(32)9-6-18/h5-14,28H,4,15-16H2,1-3H3,(H,37,39)(H2,35,36,41)/b34-14+/t28-/m0/s1. The van der Waals surface area contributed by atoms with Crippen molar-refractivity contribution in [2.75, 3.05) is 20.3 Å². The van der Waals surface area contributed by atoms with Gasteiger partial charge in [-0.05, 0) is 71.2 Å². The van der Waals surface area contributed by atoms with Gasteiger partial charge < -0.3 is 29.6 Å². The molecule has 0 saturated carbocycles. The number of rotatable bonds is 13. The Bertz CT molecular complexity index is 1750. The molecule has 16 heteroatoms. The van der Waals surface area contributed by atoms with Crippen LogP contribution in [-0.2, 0) is 20.9 Å².